The van der Waals surface area contributed by atoms with Crippen molar-refractivity contribution in [2.45, 2.75) is 0 Å². The molecular weight excluding hydrogens is 170 g/mol. The van der Waals surface area contributed by atoms with Gasteiger partial charge in [0.25, 0.3) is 0 Å². The van der Waals surface area contributed by atoms with Crippen molar-refractivity contribution >= 4 is 12.0 Å². The molecule has 0 aliphatic heterocycles. The van der Waals surface area contributed by atoms with Gasteiger partial charge in [-0.25, -0.2) is 4.79 Å². The summed E-state index contributed by atoms with van der Waals surface area (Å²) in [6, 6.07) is 1.86. The third-order valence-corrected chi connectivity index (χ3v) is 1.37. The highest BCUT2D eigenvalue weighted by molar-refractivity contribution is 5.85. The van der Waals surface area contributed by atoms with E-state index >= 15 is 0 Å². The molecule has 1 aromatic rings. The van der Waals surface area contributed by atoms with Crippen LogP contribution in [0.4, 0.5) is 0 Å². The maximum Gasteiger partial charge on any atom is 0.328 e. The van der Waals surface area contributed by atoms with Gasteiger partial charge in [-0.05, 0) is 6.08 Å². The first-order chi connectivity index (χ1) is 6.13. The van der Waals surface area contributed by atoms with Gasteiger partial charge in [-0.1, -0.05) is 0 Å². The van der Waals surface area contributed by atoms with Gasteiger partial charge in [-0.3, -0.25) is 4.68 Å². The van der Waals surface area contributed by atoms with Crippen LogP contribution in [-0.2, 0) is 11.8 Å². The lowest BCUT2D eigenvalue weighted by atomic mass is 10.2. The number of carboxylic acids is 1. The molecular formula is C8H7N3O2. The maximum atomic E-state index is 10.2. The Labute approximate surface area is 74.5 Å². The van der Waals surface area contributed by atoms with Crippen molar-refractivity contribution in [1.29, 1.82) is 5.26 Å². The number of carbonyl (C=O) groups is 1. The first-order valence-electron chi connectivity index (χ1n) is 3.48. The van der Waals surface area contributed by atoms with Crippen molar-refractivity contribution in [3.8, 4) is 6.07 Å². The van der Waals surface area contributed by atoms with Crippen LogP contribution in [0.1, 0.15) is 11.3 Å². The van der Waals surface area contributed by atoms with Gasteiger partial charge in [-0.2, -0.15) is 10.4 Å². The molecule has 1 heterocycles. The van der Waals surface area contributed by atoms with E-state index in [1.54, 1.807) is 13.2 Å². The first-order valence-corrected chi connectivity index (χ1v) is 3.48. The minimum absolute atomic E-state index is 0.222. The summed E-state index contributed by atoms with van der Waals surface area (Å²) in [5, 5.41) is 20.8. The Kier molecular flexibility index (Phi) is 2.45. The Balaban J connectivity index is 3.01. The predicted octanol–water partition coefficient (Wildman–Crippen LogP) is 0.390. The van der Waals surface area contributed by atoms with Gasteiger partial charge in [0.1, 0.15) is 6.07 Å². The summed E-state index contributed by atoms with van der Waals surface area (Å²) in [5.41, 5.74) is 0.729. The number of rotatable bonds is 2. The molecule has 5 nitrogen and oxygen atoms in total. The van der Waals surface area contributed by atoms with E-state index in [1.807, 2.05) is 6.07 Å². The number of aromatic nitrogens is 2. The van der Waals surface area contributed by atoms with Crippen LogP contribution in [0.3, 0.4) is 0 Å². The molecule has 1 rings (SSSR count). The van der Waals surface area contributed by atoms with Gasteiger partial charge in [0.2, 0.25) is 0 Å². The Bertz CT molecular complexity index is 398. The Morgan fingerprint density at radius 1 is 1.85 bits per heavy atom. The molecule has 0 aliphatic rings. The van der Waals surface area contributed by atoms with E-state index in [-0.39, 0.29) is 5.69 Å². The van der Waals surface area contributed by atoms with E-state index in [0.717, 1.165) is 6.08 Å². The van der Waals surface area contributed by atoms with Crippen molar-refractivity contribution in [2.75, 3.05) is 0 Å². The van der Waals surface area contributed by atoms with E-state index in [9.17, 15) is 4.79 Å². The number of aryl methyl sites for hydroxylation is 1. The zero-order valence-corrected chi connectivity index (χ0v) is 6.93. The first kappa shape index (κ1) is 9.00. The Morgan fingerprint density at radius 2 is 2.54 bits per heavy atom. The number of nitriles is 1. The van der Waals surface area contributed by atoms with E-state index < -0.39 is 5.97 Å². The van der Waals surface area contributed by atoms with Gasteiger partial charge >= 0.3 is 5.97 Å². The highest BCUT2D eigenvalue weighted by atomic mass is 16.4. The average Bonchev–Trinajstić information content (AvgIpc) is 2.42. The van der Waals surface area contributed by atoms with Crippen molar-refractivity contribution in [3.63, 3.8) is 0 Å². The van der Waals surface area contributed by atoms with Gasteiger partial charge in [0, 0.05) is 24.9 Å². The number of nitrogens with zero attached hydrogens (tertiary/aromatic N) is 3. The van der Waals surface area contributed by atoms with Crippen LogP contribution >= 0.6 is 0 Å². The Hall–Kier alpha value is -2.09. The molecule has 0 fully saturated rings. The molecule has 0 aromatic carbocycles. The average molecular weight is 177 g/mol. The fourth-order valence-electron chi connectivity index (χ4n) is 0.877. The van der Waals surface area contributed by atoms with Gasteiger partial charge in [0.05, 0.1) is 0 Å². The highest BCUT2D eigenvalue weighted by Crippen LogP contribution is 2.06. The van der Waals surface area contributed by atoms with Crippen LogP contribution in [0.5, 0.6) is 0 Å². The summed E-state index contributed by atoms with van der Waals surface area (Å²) in [4.78, 5) is 10.2. The largest absolute Gasteiger partial charge is 0.478 e. The Morgan fingerprint density at radius 3 is 3.08 bits per heavy atom. The lowest BCUT2D eigenvalue weighted by Crippen LogP contribution is -1.86. The topological polar surface area (TPSA) is 78.9 Å². The molecule has 0 unspecified atom stereocenters. The SMILES string of the molecule is Cn1cc(C=CC(=O)O)c(C#N)n1. The van der Waals surface area contributed by atoms with Gasteiger partial charge < -0.3 is 5.11 Å². The quantitative estimate of drug-likeness (QED) is 0.662. The van der Waals surface area contributed by atoms with Crippen LogP contribution in [0.25, 0.3) is 6.08 Å². The fourth-order valence-corrected chi connectivity index (χ4v) is 0.877. The number of aliphatic carboxylic acids is 1. The molecule has 13 heavy (non-hydrogen) atoms. The second-order valence-electron chi connectivity index (χ2n) is 2.39. The summed E-state index contributed by atoms with van der Waals surface area (Å²) >= 11 is 0. The third kappa shape index (κ3) is 2.17. The predicted molar refractivity (Wildman–Crippen MR) is 44.6 cm³/mol. The van der Waals surface area contributed by atoms with Gasteiger partial charge in [-0.15, -0.1) is 0 Å². The summed E-state index contributed by atoms with van der Waals surface area (Å²) in [6.45, 7) is 0. The maximum absolute atomic E-state index is 10.2. The second kappa shape index (κ2) is 3.54. The van der Waals surface area contributed by atoms with E-state index in [0.29, 0.717) is 5.56 Å². The van der Waals surface area contributed by atoms with E-state index in [4.69, 9.17) is 10.4 Å². The molecule has 0 aliphatic carbocycles. The second-order valence-corrected chi connectivity index (χ2v) is 2.39. The molecule has 1 N–H and O–H groups in total. The molecule has 0 saturated carbocycles. The van der Waals surface area contributed by atoms with Gasteiger partial charge in [0.15, 0.2) is 5.69 Å². The molecule has 5 heteroatoms. The lowest BCUT2D eigenvalue weighted by molar-refractivity contribution is -0.131. The van der Waals surface area contributed by atoms with Crippen molar-refractivity contribution in [1.82, 2.24) is 9.78 Å². The standard InChI is InChI=1S/C8H7N3O2/c1-11-5-6(2-3-8(12)13)7(4-9)10-11/h2-3,5H,1H3,(H,12,13). The summed E-state index contributed by atoms with van der Waals surface area (Å²) in [7, 11) is 1.67. The van der Waals surface area contributed by atoms with E-state index in [2.05, 4.69) is 5.10 Å². The van der Waals surface area contributed by atoms with E-state index in [1.165, 1.54) is 10.8 Å². The molecule has 0 atom stereocenters. The molecule has 0 radical (unpaired) electrons. The van der Waals surface area contributed by atoms with Crippen molar-refractivity contribution < 1.29 is 9.90 Å². The molecule has 66 valence electrons. The van der Waals surface area contributed by atoms with Crippen LogP contribution in [0, 0.1) is 11.3 Å². The lowest BCUT2D eigenvalue weighted by Gasteiger charge is -1.82. The van der Waals surface area contributed by atoms with Crippen LogP contribution in [0.15, 0.2) is 12.3 Å². The zero-order chi connectivity index (χ0) is 9.84. The summed E-state index contributed by atoms with van der Waals surface area (Å²) in [5.74, 6) is -1.05. The normalized spacial score (nSPS) is 10.2. The zero-order valence-electron chi connectivity index (χ0n) is 6.93. The summed E-state index contributed by atoms with van der Waals surface area (Å²) in [6.07, 6.45) is 3.89. The minimum atomic E-state index is -1.05. The number of hydrogen-bond acceptors (Lipinski definition) is 3. The highest BCUT2D eigenvalue weighted by Gasteiger charge is 2.02. The van der Waals surface area contributed by atoms with Crippen LogP contribution in [-0.4, -0.2) is 20.9 Å². The summed E-state index contributed by atoms with van der Waals surface area (Å²) < 4.78 is 1.46. The molecule has 0 amide bonds. The van der Waals surface area contributed by atoms with Crippen LogP contribution in [0.2, 0.25) is 0 Å². The van der Waals surface area contributed by atoms with Crippen molar-refractivity contribution in [2.24, 2.45) is 7.05 Å². The molecule has 0 bridgehead atoms. The van der Waals surface area contributed by atoms with Crippen LogP contribution < -0.4 is 0 Å². The van der Waals surface area contributed by atoms with Crippen molar-refractivity contribution in [3.05, 3.63) is 23.5 Å². The number of carboxylic acid groups (broad SMARTS) is 1. The molecule has 1 aromatic heterocycles. The fraction of sp³-hybridized carbons (Fsp3) is 0.125. The molecule has 0 spiro atoms. The monoisotopic (exact) mass is 177 g/mol. The molecule has 0 saturated heterocycles. The smallest absolute Gasteiger partial charge is 0.328 e. The minimum Gasteiger partial charge on any atom is -0.478 e. The number of hydrogen-bond donors (Lipinski definition) is 1. The third-order valence-electron chi connectivity index (χ3n) is 1.37.